The summed E-state index contributed by atoms with van der Waals surface area (Å²) in [4.78, 5) is 28.7. The summed E-state index contributed by atoms with van der Waals surface area (Å²) in [6.45, 7) is 1.87. The number of carbonyl (C=O) groups excluding carboxylic acids is 1. The Morgan fingerprint density at radius 3 is 2.86 bits per heavy atom. The van der Waals surface area contributed by atoms with Crippen molar-refractivity contribution in [3.05, 3.63) is 71.6 Å². The molecule has 0 saturated carbocycles. The summed E-state index contributed by atoms with van der Waals surface area (Å²) in [6, 6.07) is 8.46. The smallest absolute Gasteiger partial charge is 0.187 e. The van der Waals surface area contributed by atoms with Gasteiger partial charge in [-0.25, -0.2) is 9.37 Å². The number of hydrogen-bond acceptors (Lipinski definition) is 6. The van der Waals surface area contributed by atoms with Gasteiger partial charge in [-0.15, -0.1) is 0 Å². The Bertz CT molecular complexity index is 1070. The molecule has 4 rings (SSSR count). The molecule has 8 heteroatoms. The second-order valence-corrected chi connectivity index (χ2v) is 8.22. The summed E-state index contributed by atoms with van der Waals surface area (Å²) >= 11 is 1.47. The first-order valence-electron chi connectivity index (χ1n) is 9.21. The van der Waals surface area contributed by atoms with Crippen LogP contribution in [0.15, 0.2) is 53.9 Å². The molecule has 0 radical (unpaired) electrons. The summed E-state index contributed by atoms with van der Waals surface area (Å²) in [5, 5.41) is 0.456. The minimum atomic E-state index is -0.726. The predicted molar refractivity (Wildman–Crippen MR) is 112 cm³/mol. The number of amidine groups is 1. The highest BCUT2D eigenvalue weighted by Crippen LogP contribution is 2.36. The summed E-state index contributed by atoms with van der Waals surface area (Å²) in [5.41, 5.74) is 8.06. The van der Waals surface area contributed by atoms with Crippen LogP contribution in [0, 0.1) is 5.82 Å². The third-order valence-electron chi connectivity index (χ3n) is 4.98. The van der Waals surface area contributed by atoms with Gasteiger partial charge in [0, 0.05) is 23.9 Å². The molecular formula is C21H20FN5OS. The molecule has 1 aromatic carbocycles. The van der Waals surface area contributed by atoms with Crippen LogP contribution in [-0.4, -0.2) is 31.7 Å². The minimum absolute atomic E-state index is 0.105. The second-order valence-electron chi connectivity index (χ2n) is 7.11. The molecule has 1 aliphatic heterocycles. The number of aromatic nitrogens is 3. The fourth-order valence-corrected chi connectivity index (χ4v) is 4.33. The van der Waals surface area contributed by atoms with Crippen molar-refractivity contribution in [1.29, 1.82) is 0 Å². The van der Waals surface area contributed by atoms with Crippen molar-refractivity contribution in [2.45, 2.75) is 25.3 Å². The molecule has 3 N–H and O–H groups in total. The number of nitrogens with one attached hydrogen (secondary N) is 1. The van der Waals surface area contributed by atoms with Crippen LogP contribution < -0.4 is 5.73 Å². The minimum Gasteiger partial charge on any atom is -0.379 e. The third kappa shape index (κ3) is 4.07. The van der Waals surface area contributed by atoms with E-state index in [1.165, 1.54) is 24.0 Å². The molecule has 148 valence electrons. The van der Waals surface area contributed by atoms with Crippen LogP contribution in [0.5, 0.6) is 0 Å². The van der Waals surface area contributed by atoms with Gasteiger partial charge in [-0.3, -0.25) is 14.8 Å². The lowest BCUT2D eigenvalue weighted by Gasteiger charge is -2.30. The lowest BCUT2D eigenvalue weighted by molar-refractivity contribution is 0.0987. The standard InChI is InChI=1S/C21H20FN5OS/c1-21(6-8-29-20(23)27-21)14-9-13(4-5-15(14)22)10-19(28)18-12-25-17(11-26-18)16-3-2-7-24-16/h2-5,7,9,11-12,24H,6,8,10H2,1H3,(H2,23,27)/t21-/m0/s1. The summed E-state index contributed by atoms with van der Waals surface area (Å²) in [6.07, 6.45) is 5.61. The molecule has 29 heavy (non-hydrogen) atoms. The van der Waals surface area contributed by atoms with Gasteiger partial charge in [-0.2, -0.15) is 0 Å². The molecule has 6 nitrogen and oxygen atoms in total. The van der Waals surface area contributed by atoms with Crippen LogP contribution >= 0.6 is 11.8 Å². The predicted octanol–water partition coefficient (Wildman–Crippen LogP) is 3.70. The van der Waals surface area contributed by atoms with Crippen molar-refractivity contribution >= 4 is 22.7 Å². The fraction of sp³-hybridized carbons (Fsp3) is 0.238. The highest BCUT2D eigenvalue weighted by molar-refractivity contribution is 8.13. The number of benzene rings is 1. The monoisotopic (exact) mass is 409 g/mol. The molecule has 0 unspecified atom stereocenters. The maximum absolute atomic E-state index is 14.5. The Balaban J connectivity index is 1.55. The van der Waals surface area contributed by atoms with Crippen molar-refractivity contribution in [2.75, 3.05) is 5.75 Å². The molecule has 0 fully saturated rings. The average Bonchev–Trinajstić information content (AvgIpc) is 3.24. The molecule has 0 bridgehead atoms. The van der Waals surface area contributed by atoms with Crippen LogP contribution in [0.2, 0.25) is 0 Å². The Morgan fingerprint density at radius 2 is 2.17 bits per heavy atom. The van der Waals surface area contributed by atoms with Gasteiger partial charge in [0.15, 0.2) is 11.0 Å². The summed E-state index contributed by atoms with van der Waals surface area (Å²) in [5.74, 6) is 0.250. The number of rotatable bonds is 5. The number of thioether (sulfide) groups is 1. The molecule has 1 atom stereocenters. The van der Waals surface area contributed by atoms with Crippen LogP contribution in [0.3, 0.4) is 0 Å². The van der Waals surface area contributed by atoms with E-state index >= 15 is 0 Å². The van der Waals surface area contributed by atoms with Gasteiger partial charge in [0.2, 0.25) is 0 Å². The SMILES string of the molecule is C[C@@]1(c2cc(CC(=O)c3cnc(-c4ccc[nH]4)cn3)ccc2F)CCSC(N)=N1. The zero-order valence-electron chi connectivity index (χ0n) is 15.9. The topological polar surface area (TPSA) is 97.0 Å². The van der Waals surface area contributed by atoms with Gasteiger partial charge in [0.05, 0.1) is 23.6 Å². The van der Waals surface area contributed by atoms with Crippen LogP contribution in [0.1, 0.15) is 35.0 Å². The number of nitrogens with two attached hydrogens (primary N) is 1. The first-order valence-corrected chi connectivity index (χ1v) is 10.2. The number of halogens is 1. The molecule has 3 aromatic rings. The van der Waals surface area contributed by atoms with E-state index in [1.807, 2.05) is 19.1 Å². The Hall–Kier alpha value is -3.00. The lowest BCUT2D eigenvalue weighted by Crippen LogP contribution is -2.29. The first kappa shape index (κ1) is 19.3. The van der Waals surface area contributed by atoms with Crippen LogP contribution in [-0.2, 0) is 12.0 Å². The molecule has 3 heterocycles. The van der Waals surface area contributed by atoms with Crippen molar-refractivity contribution in [3.8, 4) is 11.4 Å². The molecule has 0 amide bonds. The van der Waals surface area contributed by atoms with Gasteiger partial charge in [0.25, 0.3) is 0 Å². The second kappa shape index (κ2) is 7.79. The van der Waals surface area contributed by atoms with E-state index in [4.69, 9.17) is 5.73 Å². The quantitative estimate of drug-likeness (QED) is 0.626. The number of hydrogen-bond donors (Lipinski definition) is 2. The first-order chi connectivity index (χ1) is 13.9. The molecule has 0 saturated heterocycles. The number of nitrogens with zero attached hydrogens (tertiary/aromatic N) is 3. The van der Waals surface area contributed by atoms with Crippen LogP contribution in [0.25, 0.3) is 11.4 Å². The normalized spacial score (nSPS) is 19.0. The van der Waals surface area contributed by atoms with Crippen LogP contribution in [0.4, 0.5) is 4.39 Å². The molecule has 0 spiro atoms. The Morgan fingerprint density at radius 1 is 1.31 bits per heavy atom. The zero-order valence-corrected chi connectivity index (χ0v) is 16.7. The molecule has 2 aromatic heterocycles. The maximum atomic E-state index is 14.5. The van der Waals surface area contributed by atoms with E-state index < -0.39 is 5.54 Å². The van der Waals surface area contributed by atoms with Gasteiger partial charge >= 0.3 is 0 Å². The number of aliphatic imine (C=N–C) groups is 1. The van der Waals surface area contributed by atoms with E-state index in [1.54, 1.807) is 24.5 Å². The highest BCUT2D eigenvalue weighted by atomic mass is 32.2. The van der Waals surface area contributed by atoms with E-state index in [2.05, 4.69) is 19.9 Å². The Labute approximate surface area is 171 Å². The van der Waals surface area contributed by atoms with Gasteiger partial charge in [-0.1, -0.05) is 17.8 Å². The molecular weight excluding hydrogens is 389 g/mol. The zero-order chi connectivity index (χ0) is 20.4. The highest BCUT2D eigenvalue weighted by Gasteiger charge is 2.32. The molecule has 1 aliphatic rings. The molecule has 0 aliphatic carbocycles. The Kier molecular flexibility index (Phi) is 5.19. The lowest BCUT2D eigenvalue weighted by atomic mass is 9.87. The van der Waals surface area contributed by atoms with Gasteiger partial charge in [0.1, 0.15) is 17.2 Å². The fourth-order valence-electron chi connectivity index (χ4n) is 3.35. The number of H-pyrrole nitrogens is 1. The van der Waals surface area contributed by atoms with Gasteiger partial charge < -0.3 is 10.7 Å². The summed E-state index contributed by atoms with van der Waals surface area (Å²) < 4.78 is 14.5. The third-order valence-corrected chi connectivity index (χ3v) is 5.78. The van der Waals surface area contributed by atoms with Crippen molar-refractivity contribution in [1.82, 2.24) is 15.0 Å². The van der Waals surface area contributed by atoms with E-state index in [0.717, 1.165) is 11.4 Å². The van der Waals surface area contributed by atoms with E-state index in [0.29, 0.717) is 28.4 Å². The summed E-state index contributed by atoms with van der Waals surface area (Å²) in [7, 11) is 0. The van der Waals surface area contributed by atoms with Crippen molar-refractivity contribution in [2.24, 2.45) is 10.7 Å². The largest absolute Gasteiger partial charge is 0.379 e. The number of Topliss-reactive ketones (excluding diaryl/α,β-unsaturated/α-hetero) is 1. The van der Waals surface area contributed by atoms with Crippen molar-refractivity contribution < 1.29 is 9.18 Å². The number of aromatic amines is 1. The average molecular weight is 409 g/mol. The van der Waals surface area contributed by atoms with Crippen molar-refractivity contribution in [3.63, 3.8) is 0 Å². The van der Waals surface area contributed by atoms with E-state index in [9.17, 15) is 9.18 Å². The number of ketones is 1. The maximum Gasteiger partial charge on any atom is 0.187 e. The van der Waals surface area contributed by atoms with Gasteiger partial charge in [-0.05, 0) is 43.2 Å². The van der Waals surface area contributed by atoms with E-state index in [-0.39, 0.29) is 23.7 Å². The number of carbonyl (C=O) groups is 1.